The van der Waals surface area contributed by atoms with Gasteiger partial charge in [-0.2, -0.15) is 5.10 Å². The summed E-state index contributed by atoms with van der Waals surface area (Å²) in [5, 5.41) is 4.40. The lowest BCUT2D eigenvalue weighted by molar-refractivity contribution is 0.408. The highest BCUT2D eigenvalue weighted by Gasteiger charge is 2.29. The summed E-state index contributed by atoms with van der Waals surface area (Å²) in [6, 6.07) is 2.19. The van der Waals surface area contributed by atoms with Gasteiger partial charge in [0.1, 0.15) is 0 Å². The summed E-state index contributed by atoms with van der Waals surface area (Å²) in [4.78, 5) is 0. The number of hydrogen-bond donors (Lipinski definition) is 1. The lowest BCUT2D eigenvalue weighted by atomic mass is 9.94. The minimum Gasteiger partial charge on any atom is -0.322 e. The molecule has 0 aromatic carbocycles. The average Bonchev–Trinajstić information content (AvgIpc) is 2.84. The molecule has 0 amide bonds. The third-order valence-electron chi connectivity index (χ3n) is 3.74. The van der Waals surface area contributed by atoms with E-state index in [1.807, 2.05) is 24.0 Å². The summed E-state index contributed by atoms with van der Waals surface area (Å²) in [5.74, 6) is 1.54. The fourth-order valence-electron chi connectivity index (χ4n) is 2.66. The van der Waals surface area contributed by atoms with Crippen LogP contribution in [0, 0.1) is 11.8 Å². The molecule has 0 bridgehead atoms. The third-order valence-corrected chi connectivity index (χ3v) is 3.74. The van der Waals surface area contributed by atoms with Crippen LogP contribution >= 0.6 is 0 Å². The number of nitrogens with two attached hydrogens (primary N) is 1. The van der Waals surface area contributed by atoms with Crippen LogP contribution in [-0.2, 0) is 7.05 Å². The Balaban J connectivity index is 2.00. The number of hydrogen-bond acceptors (Lipinski definition) is 2. The topological polar surface area (TPSA) is 43.8 Å². The molecule has 1 heterocycles. The maximum Gasteiger partial charge on any atom is 0.0794 e. The van der Waals surface area contributed by atoms with Crippen molar-refractivity contribution in [2.45, 2.75) is 38.6 Å². The fourth-order valence-corrected chi connectivity index (χ4v) is 2.66. The van der Waals surface area contributed by atoms with E-state index in [-0.39, 0.29) is 6.04 Å². The van der Waals surface area contributed by atoms with Gasteiger partial charge in [0.05, 0.1) is 11.7 Å². The van der Waals surface area contributed by atoms with Crippen molar-refractivity contribution in [2.24, 2.45) is 24.6 Å². The van der Waals surface area contributed by atoms with Gasteiger partial charge < -0.3 is 5.73 Å². The largest absolute Gasteiger partial charge is 0.322 e. The Labute approximate surface area is 91.7 Å². The number of aromatic nitrogens is 2. The van der Waals surface area contributed by atoms with Crippen LogP contribution in [0.2, 0.25) is 0 Å². The molecule has 3 nitrogen and oxygen atoms in total. The maximum atomic E-state index is 6.25. The normalized spacial score (nSPS) is 28.2. The van der Waals surface area contributed by atoms with Crippen LogP contribution in [0.3, 0.4) is 0 Å². The Morgan fingerprint density at radius 2 is 2.40 bits per heavy atom. The zero-order chi connectivity index (χ0) is 10.8. The van der Waals surface area contributed by atoms with E-state index in [0.717, 1.165) is 11.6 Å². The molecule has 2 N–H and O–H groups in total. The summed E-state index contributed by atoms with van der Waals surface area (Å²) in [7, 11) is 1.94. The maximum absolute atomic E-state index is 6.25. The average molecular weight is 207 g/mol. The van der Waals surface area contributed by atoms with Gasteiger partial charge in [-0.25, -0.2) is 0 Å². The van der Waals surface area contributed by atoms with Crippen LogP contribution < -0.4 is 5.73 Å². The molecule has 84 valence electrons. The molecule has 1 fully saturated rings. The second-order valence-corrected chi connectivity index (χ2v) is 4.79. The first-order valence-corrected chi connectivity index (χ1v) is 5.95. The lowest BCUT2D eigenvalue weighted by Crippen LogP contribution is -2.20. The smallest absolute Gasteiger partial charge is 0.0794 e. The van der Waals surface area contributed by atoms with Crippen molar-refractivity contribution in [3.8, 4) is 0 Å². The molecule has 1 aliphatic rings. The summed E-state index contributed by atoms with van der Waals surface area (Å²) in [5.41, 5.74) is 7.31. The first-order valence-electron chi connectivity index (χ1n) is 5.95. The number of rotatable bonds is 3. The quantitative estimate of drug-likeness (QED) is 0.826. The standard InChI is InChI=1S/C12H21N3/c1-3-9-4-5-10(8-9)12(13)11-6-7-15(2)14-11/h6-7,9-10,12H,3-5,8,13H2,1-2H3. The summed E-state index contributed by atoms with van der Waals surface area (Å²) in [6.45, 7) is 2.28. The van der Waals surface area contributed by atoms with E-state index >= 15 is 0 Å². The monoisotopic (exact) mass is 207 g/mol. The molecule has 2 rings (SSSR count). The second kappa shape index (κ2) is 4.35. The van der Waals surface area contributed by atoms with Gasteiger partial charge in [-0.3, -0.25) is 4.68 Å². The third kappa shape index (κ3) is 2.23. The van der Waals surface area contributed by atoms with Crippen molar-refractivity contribution in [1.82, 2.24) is 9.78 Å². The highest BCUT2D eigenvalue weighted by Crippen LogP contribution is 2.38. The van der Waals surface area contributed by atoms with Gasteiger partial charge in [-0.05, 0) is 30.7 Å². The number of nitrogens with zero attached hydrogens (tertiary/aromatic N) is 2. The highest BCUT2D eigenvalue weighted by atomic mass is 15.3. The van der Waals surface area contributed by atoms with Gasteiger partial charge in [0.2, 0.25) is 0 Å². The van der Waals surface area contributed by atoms with Gasteiger partial charge in [0.15, 0.2) is 0 Å². The van der Waals surface area contributed by atoms with Gasteiger partial charge >= 0.3 is 0 Å². The first kappa shape index (κ1) is 10.7. The van der Waals surface area contributed by atoms with Crippen LogP contribution in [0.4, 0.5) is 0 Å². The van der Waals surface area contributed by atoms with Crippen molar-refractivity contribution in [3.63, 3.8) is 0 Å². The molecule has 0 saturated heterocycles. The van der Waals surface area contributed by atoms with Crippen LogP contribution in [0.5, 0.6) is 0 Å². The van der Waals surface area contributed by atoms with Crippen molar-refractivity contribution >= 4 is 0 Å². The second-order valence-electron chi connectivity index (χ2n) is 4.79. The van der Waals surface area contributed by atoms with Crippen LogP contribution in [0.25, 0.3) is 0 Å². The molecule has 3 heteroatoms. The summed E-state index contributed by atoms with van der Waals surface area (Å²) >= 11 is 0. The van der Waals surface area contributed by atoms with E-state index in [0.29, 0.717) is 5.92 Å². The predicted molar refractivity (Wildman–Crippen MR) is 61.3 cm³/mol. The fraction of sp³-hybridized carbons (Fsp3) is 0.750. The van der Waals surface area contributed by atoms with Crippen LogP contribution in [0.1, 0.15) is 44.3 Å². The molecule has 15 heavy (non-hydrogen) atoms. The van der Waals surface area contributed by atoms with Crippen molar-refractivity contribution in [1.29, 1.82) is 0 Å². The van der Waals surface area contributed by atoms with E-state index in [1.165, 1.54) is 25.7 Å². The first-order chi connectivity index (χ1) is 7.20. The summed E-state index contributed by atoms with van der Waals surface area (Å²) in [6.07, 6.45) is 7.18. The van der Waals surface area contributed by atoms with Gasteiger partial charge in [-0.1, -0.05) is 19.8 Å². The Bertz CT molecular complexity index is 318. The van der Waals surface area contributed by atoms with Gasteiger partial charge in [0, 0.05) is 13.2 Å². The zero-order valence-corrected chi connectivity index (χ0v) is 9.69. The molecule has 1 aliphatic carbocycles. The van der Waals surface area contributed by atoms with Crippen LogP contribution in [0.15, 0.2) is 12.3 Å². The van der Waals surface area contributed by atoms with Crippen molar-refractivity contribution < 1.29 is 0 Å². The van der Waals surface area contributed by atoms with Crippen molar-refractivity contribution in [2.75, 3.05) is 0 Å². The number of aryl methyl sites for hydroxylation is 1. The Morgan fingerprint density at radius 3 is 2.93 bits per heavy atom. The van der Waals surface area contributed by atoms with E-state index < -0.39 is 0 Å². The highest BCUT2D eigenvalue weighted by molar-refractivity contribution is 5.07. The molecule has 0 radical (unpaired) electrons. The molecule has 0 aliphatic heterocycles. The van der Waals surface area contributed by atoms with E-state index in [2.05, 4.69) is 12.0 Å². The van der Waals surface area contributed by atoms with E-state index in [9.17, 15) is 0 Å². The molecule has 1 aromatic heterocycles. The Kier molecular flexibility index (Phi) is 3.10. The lowest BCUT2D eigenvalue weighted by Gasteiger charge is -2.17. The zero-order valence-electron chi connectivity index (χ0n) is 9.69. The SMILES string of the molecule is CCC1CCC(C(N)c2ccn(C)n2)C1. The van der Waals surface area contributed by atoms with Gasteiger partial charge in [-0.15, -0.1) is 0 Å². The molecule has 1 aromatic rings. The Morgan fingerprint density at radius 1 is 1.60 bits per heavy atom. The Hall–Kier alpha value is -0.830. The molecule has 0 spiro atoms. The molecular weight excluding hydrogens is 186 g/mol. The van der Waals surface area contributed by atoms with Gasteiger partial charge in [0.25, 0.3) is 0 Å². The predicted octanol–water partition coefficient (Wildman–Crippen LogP) is 2.25. The summed E-state index contributed by atoms with van der Waals surface area (Å²) < 4.78 is 1.83. The van der Waals surface area contributed by atoms with Crippen LogP contribution in [-0.4, -0.2) is 9.78 Å². The van der Waals surface area contributed by atoms with E-state index in [1.54, 1.807) is 0 Å². The minimum absolute atomic E-state index is 0.141. The van der Waals surface area contributed by atoms with Crippen molar-refractivity contribution in [3.05, 3.63) is 18.0 Å². The molecule has 3 atom stereocenters. The molecule has 3 unspecified atom stereocenters. The van der Waals surface area contributed by atoms with E-state index in [4.69, 9.17) is 5.73 Å². The minimum atomic E-state index is 0.141. The molecule has 1 saturated carbocycles. The molecular formula is C12H21N3.